The van der Waals surface area contributed by atoms with Gasteiger partial charge in [-0.15, -0.1) is 11.3 Å². The molecule has 1 heterocycles. The van der Waals surface area contributed by atoms with Gasteiger partial charge in [-0.05, 0) is 36.1 Å². The Labute approximate surface area is 123 Å². The lowest BCUT2D eigenvalue weighted by Crippen LogP contribution is -2.27. The summed E-state index contributed by atoms with van der Waals surface area (Å²) in [6.07, 6.45) is 0. The lowest BCUT2D eigenvalue weighted by molar-refractivity contribution is -0.117. The first-order chi connectivity index (χ1) is 9.49. The first-order valence-corrected chi connectivity index (χ1v) is 7.25. The highest BCUT2D eigenvalue weighted by molar-refractivity contribution is 7.10. The summed E-state index contributed by atoms with van der Waals surface area (Å²) in [4.78, 5) is 15.0. The molecular weight excluding hydrogens is 270 g/mol. The van der Waals surface area contributed by atoms with Crippen molar-refractivity contribution in [1.82, 2.24) is 0 Å². The van der Waals surface area contributed by atoms with Crippen molar-refractivity contribution < 1.29 is 4.79 Å². The molecule has 0 fully saturated rings. The molecule has 1 aromatic carbocycles. The van der Waals surface area contributed by atoms with Gasteiger partial charge in [-0.1, -0.05) is 12.1 Å². The molecule has 1 aromatic heterocycles. The first kappa shape index (κ1) is 14.6. The van der Waals surface area contributed by atoms with Crippen LogP contribution in [0.5, 0.6) is 0 Å². The highest BCUT2D eigenvalue weighted by Crippen LogP contribution is 2.24. The van der Waals surface area contributed by atoms with Crippen molar-refractivity contribution in [2.45, 2.75) is 13.0 Å². The zero-order valence-electron chi connectivity index (χ0n) is 11.9. The zero-order chi connectivity index (χ0) is 14.7. The number of carbonyl (C=O) groups is 1. The highest BCUT2D eigenvalue weighted by atomic mass is 32.1. The molecule has 0 bridgehead atoms. The van der Waals surface area contributed by atoms with Crippen LogP contribution in [0.1, 0.15) is 16.5 Å². The Kier molecular flexibility index (Phi) is 4.42. The number of aryl methyl sites for hydroxylation is 1. The third-order valence-electron chi connectivity index (χ3n) is 3.09. The Hall–Kier alpha value is -1.85. The van der Waals surface area contributed by atoms with E-state index in [1.165, 1.54) is 11.3 Å². The smallest absolute Gasteiger partial charge is 0.246 e. The topological polar surface area (TPSA) is 58.4 Å². The minimum Gasteiger partial charge on any atom is -0.377 e. The second-order valence-corrected chi connectivity index (χ2v) is 5.86. The summed E-state index contributed by atoms with van der Waals surface area (Å²) in [5, 5.41) is 4.78. The second kappa shape index (κ2) is 6.07. The summed E-state index contributed by atoms with van der Waals surface area (Å²) < 4.78 is 0. The lowest BCUT2D eigenvalue weighted by atomic mass is 10.1. The van der Waals surface area contributed by atoms with Gasteiger partial charge in [0.15, 0.2) is 0 Å². The molecule has 0 spiro atoms. The molecule has 0 saturated heterocycles. The molecule has 20 heavy (non-hydrogen) atoms. The minimum atomic E-state index is -0.626. The molecule has 0 radical (unpaired) electrons. The number of anilines is 2. The van der Waals surface area contributed by atoms with Crippen molar-refractivity contribution in [3.63, 3.8) is 0 Å². The van der Waals surface area contributed by atoms with Gasteiger partial charge in [-0.2, -0.15) is 0 Å². The molecule has 0 aliphatic carbocycles. The normalized spacial score (nSPS) is 12.0. The number of nitrogens with two attached hydrogens (primary N) is 1. The summed E-state index contributed by atoms with van der Waals surface area (Å²) in [6.45, 7) is 2.04. The van der Waals surface area contributed by atoms with Crippen LogP contribution in [0.3, 0.4) is 0 Å². The SMILES string of the molecule is Cc1ccc(NC(=O)C(N)c2cccs2)cc1N(C)C. The van der Waals surface area contributed by atoms with Gasteiger partial charge in [-0.3, -0.25) is 4.79 Å². The van der Waals surface area contributed by atoms with E-state index < -0.39 is 6.04 Å². The Balaban J connectivity index is 2.14. The monoisotopic (exact) mass is 289 g/mol. The average molecular weight is 289 g/mol. The number of thiophene rings is 1. The van der Waals surface area contributed by atoms with E-state index >= 15 is 0 Å². The predicted octanol–water partition coefficient (Wildman–Crippen LogP) is 2.76. The number of nitrogens with one attached hydrogen (secondary N) is 1. The zero-order valence-corrected chi connectivity index (χ0v) is 12.7. The Morgan fingerprint density at radius 2 is 2.10 bits per heavy atom. The molecule has 106 valence electrons. The van der Waals surface area contributed by atoms with Crippen LogP contribution < -0.4 is 16.0 Å². The van der Waals surface area contributed by atoms with Gasteiger partial charge in [-0.25, -0.2) is 0 Å². The van der Waals surface area contributed by atoms with Crippen LogP contribution in [-0.2, 0) is 4.79 Å². The number of nitrogens with zero attached hydrogens (tertiary/aromatic N) is 1. The van der Waals surface area contributed by atoms with Gasteiger partial charge in [0, 0.05) is 30.3 Å². The maximum atomic E-state index is 12.1. The minimum absolute atomic E-state index is 0.194. The summed E-state index contributed by atoms with van der Waals surface area (Å²) >= 11 is 1.49. The second-order valence-electron chi connectivity index (χ2n) is 4.88. The average Bonchev–Trinajstić information content (AvgIpc) is 2.93. The summed E-state index contributed by atoms with van der Waals surface area (Å²) in [5.41, 5.74) is 8.95. The standard InChI is InChI=1S/C15H19N3OS/c1-10-6-7-11(9-12(10)18(2)3)17-15(19)14(16)13-5-4-8-20-13/h4-9,14H,16H2,1-3H3,(H,17,19). The van der Waals surface area contributed by atoms with Crippen molar-refractivity contribution in [2.75, 3.05) is 24.3 Å². The van der Waals surface area contributed by atoms with Crippen LogP contribution in [-0.4, -0.2) is 20.0 Å². The van der Waals surface area contributed by atoms with E-state index in [9.17, 15) is 4.79 Å². The van der Waals surface area contributed by atoms with E-state index in [4.69, 9.17) is 5.73 Å². The van der Waals surface area contributed by atoms with Crippen LogP contribution in [0.15, 0.2) is 35.7 Å². The number of rotatable bonds is 4. The van der Waals surface area contributed by atoms with Crippen molar-refractivity contribution >= 4 is 28.6 Å². The lowest BCUT2D eigenvalue weighted by Gasteiger charge is -2.18. The molecule has 2 aromatic rings. The van der Waals surface area contributed by atoms with Crippen LogP contribution in [0, 0.1) is 6.92 Å². The Morgan fingerprint density at radius 1 is 1.35 bits per heavy atom. The molecule has 1 atom stereocenters. The van der Waals surface area contributed by atoms with Gasteiger partial charge in [0.25, 0.3) is 0 Å². The number of hydrogen-bond donors (Lipinski definition) is 2. The van der Waals surface area contributed by atoms with Crippen LogP contribution in [0.4, 0.5) is 11.4 Å². The number of hydrogen-bond acceptors (Lipinski definition) is 4. The van der Waals surface area contributed by atoms with E-state index in [0.29, 0.717) is 0 Å². The Bertz CT molecular complexity index is 593. The predicted molar refractivity (Wildman–Crippen MR) is 85.4 cm³/mol. The third-order valence-corrected chi connectivity index (χ3v) is 4.05. The molecular formula is C15H19N3OS. The van der Waals surface area contributed by atoms with Crippen molar-refractivity contribution in [3.05, 3.63) is 46.2 Å². The largest absolute Gasteiger partial charge is 0.377 e. The van der Waals surface area contributed by atoms with Crippen LogP contribution in [0.2, 0.25) is 0 Å². The van der Waals surface area contributed by atoms with Crippen molar-refractivity contribution in [1.29, 1.82) is 0 Å². The number of benzene rings is 1. The quantitative estimate of drug-likeness (QED) is 0.910. The number of carbonyl (C=O) groups excluding carboxylic acids is 1. The van der Waals surface area contributed by atoms with Gasteiger partial charge in [0.1, 0.15) is 6.04 Å². The van der Waals surface area contributed by atoms with E-state index in [1.807, 2.05) is 61.6 Å². The van der Waals surface area contributed by atoms with Gasteiger partial charge in [0.05, 0.1) is 0 Å². The summed E-state index contributed by atoms with van der Waals surface area (Å²) in [7, 11) is 3.95. The maximum absolute atomic E-state index is 12.1. The fourth-order valence-electron chi connectivity index (χ4n) is 1.99. The van der Waals surface area contributed by atoms with Crippen LogP contribution in [0.25, 0.3) is 0 Å². The molecule has 4 nitrogen and oxygen atoms in total. The fraction of sp³-hybridized carbons (Fsp3) is 0.267. The number of amides is 1. The van der Waals surface area contributed by atoms with E-state index in [1.54, 1.807) is 0 Å². The maximum Gasteiger partial charge on any atom is 0.246 e. The Morgan fingerprint density at radius 3 is 2.70 bits per heavy atom. The molecule has 2 rings (SSSR count). The molecule has 1 amide bonds. The van der Waals surface area contributed by atoms with E-state index in [0.717, 1.165) is 21.8 Å². The fourth-order valence-corrected chi connectivity index (χ4v) is 2.71. The third kappa shape index (κ3) is 3.18. The summed E-state index contributed by atoms with van der Waals surface area (Å²) in [5.74, 6) is -0.194. The van der Waals surface area contributed by atoms with Gasteiger partial charge >= 0.3 is 0 Å². The van der Waals surface area contributed by atoms with Gasteiger partial charge in [0.2, 0.25) is 5.91 Å². The summed E-state index contributed by atoms with van der Waals surface area (Å²) in [6, 6.07) is 8.97. The van der Waals surface area contributed by atoms with Gasteiger partial charge < -0.3 is 16.0 Å². The molecule has 0 aliphatic rings. The van der Waals surface area contributed by atoms with E-state index in [-0.39, 0.29) is 5.91 Å². The van der Waals surface area contributed by atoms with Crippen molar-refractivity contribution in [2.24, 2.45) is 5.73 Å². The molecule has 0 saturated carbocycles. The molecule has 0 aliphatic heterocycles. The molecule has 1 unspecified atom stereocenters. The van der Waals surface area contributed by atoms with Crippen LogP contribution >= 0.6 is 11.3 Å². The highest BCUT2D eigenvalue weighted by Gasteiger charge is 2.17. The molecule has 5 heteroatoms. The van der Waals surface area contributed by atoms with Crippen molar-refractivity contribution in [3.8, 4) is 0 Å². The molecule has 3 N–H and O–H groups in total. The van der Waals surface area contributed by atoms with E-state index in [2.05, 4.69) is 5.32 Å². The first-order valence-electron chi connectivity index (χ1n) is 6.37.